The number of carbonyl (C=O) groups excluding carboxylic acids is 1. The molecule has 0 aliphatic heterocycles. The molecule has 1 aromatic heterocycles. The topological polar surface area (TPSA) is 75.4 Å². The van der Waals surface area contributed by atoms with Crippen LogP contribution in [0.25, 0.3) is 0 Å². The van der Waals surface area contributed by atoms with Gasteiger partial charge in [0.15, 0.2) is 0 Å². The predicted octanol–water partition coefficient (Wildman–Crippen LogP) is 0.980. The van der Waals surface area contributed by atoms with Crippen LogP contribution in [0.1, 0.15) is 17.3 Å². The Bertz CT molecular complexity index is 317. The lowest BCUT2D eigenvalue weighted by molar-refractivity contribution is -0.122. The predicted molar refractivity (Wildman–Crippen MR) is 73.3 cm³/mol. The van der Waals surface area contributed by atoms with Crippen LogP contribution in [0.4, 0.5) is 0 Å². The molecule has 0 aliphatic rings. The number of aliphatic hydroxyl groups excluding tert-OH is 1. The Morgan fingerprint density at radius 1 is 1.59 bits per heavy atom. The van der Waals surface area contributed by atoms with Crippen molar-refractivity contribution in [2.75, 3.05) is 24.7 Å². The van der Waals surface area contributed by atoms with Gasteiger partial charge < -0.3 is 16.2 Å². The summed E-state index contributed by atoms with van der Waals surface area (Å²) >= 11 is 3.21. The van der Waals surface area contributed by atoms with Crippen molar-refractivity contribution in [2.45, 2.75) is 12.5 Å². The summed E-state index contributed by atoms with van der Waals surface area (Å²) < 4.78 is 0. The monoisotopic (exact) mass is 274 g/mol. The quantitative estimate of drug-likeness (QED) is 0.618. The molecule has 96 valence electrons. The standard InChI is InChI=1S/C11H18N2O2S2/c12-10(9-3-1-7-17-9)11(15)13-4-8-16-6-2-5-14/h1,3,7,10,14H,2,4-6,8,12H2,(H,13,15). The van der Waals surface area contributed by atoms with Gasteiger partial charge in [-0.1, -0.05) is 6.07 Å². The van der Waals surface area contributed by atoms with E-state index in [1.807, 2.05) is 17.5 Å². The number of amides is 1. The van der Waals surface area contributed by atoms with Crippen LogP contribution in [0.5, 0.6) is 0 Å². The van der Waals surface area contributed by atoms with E-state index in [1.54, 1.807) is 11.8 Å². The number of carbonyl (C=O) groups is 1. The summed E-state index contributed by atoms with van der Waals surface area (Å²) in [6, 6.07) is 3.19. The molecule has 0 aliphatic carbocycles. The van der Waals surface area contributed by atoms with Gasteiger partial charge in [0.05, 0.1) is 0 Å². The maximum Gasteiger partial charge on any atom is 0.242 e. The van der Waals surface area contributed by atoms with Gasteiger partial charge in [0.1, 0.15) is 6.04 Å². The highest BCUT2D eigenvalue weighted by Gasteiger charge is 2.15. The number of hydrogen-bond acceptors (Lipinski definition) is 5. The van der Waals surface area contributed by atoms with Crippen LogP contribution in [-0.4, -0.2) is 35.7 Å². The van der Waals surface area contributed by atoms with Crippen molar-refractivity contribution in [3.8, 4) is 0 Å². The molecule has 1 heterocycles. The molecule has 0 bridgehead atoms. The van der Waals surface area contributed by atoms with Crippen molar-refractivity contribution in [1.82, 2.24) is 5.32 Å². The number of aliphatic hydroxyl groups is 1. The number of thioether (sulfide) groups is 1. The third-order valence-corrected chi connectivity index (χ3v) is 4.15. The molecule has 0 saturated heterocycles. The van der Waals surface area contributed by atoms with Gasteiger partial charge in [-0.05, 0) is 23.6 Å². The number of rotatable bonds is 8. The second-order valence-electron chi connectivity index (χ2n) is 3.47. The Morgan fingerprint density at radius 2 is 2.41 bits per heavy atom. The molecule has 1 aromatic rings. The van der Waals surface area contributed by atoms with E-state index in [9.17, 15) is 4.79 Å². The number of nitrogens with one attached hydrogen (secondary N) is 1. The molecule has 4 N–H and O–H groups in total. The van der Waals surface area contributed by atoms with Gasteiger partial charge in [0.2, 0.25) is 5.91 Å². The Hall–Kier alpha value is -0.560. The Kier molecular flexibility index (Phi) is 7.27. The van der Waals surface area contributed by atoms with Crippen molar-refractivity contribution >= 4 is 29.0 Å². The zero-order valence-corrected chi connectivity index (χ0v) is 11.2. The minimum atomic E-state index is -0.558. The van der Waals surface area contributed by atoms with Crippen molar-refractivity contribution in [2.24, 2.45) is 5.73 Å². The average molecular weight is 274 g/mol. The minimum Gasteiger partial charge on any atom is -0.396 e. The molecule has 0 aromatic carbocycles. The molecule has 1 amide bonds. The Balaban J connectivity index is 2.13. The molecule has 1 unspecified atom stereocenters. The number of nitrogens with two attached hydrogens (primary N) is 1. The normalized spacial score (nSPS) is 12.4. The highest BCUT2D eigenvalue weighted by atomic mass is 32.2. The van der Waals surface area contributed by atoms with Crippen LogP contribution in [0, 0.1) is 0 Å². The van der Waals surface area contributed by atoms with Crippen molar-refractivity contribution < 1.29 is 9.90 Å². The van der Waals surface area contributed by atoms with Crippen LogP contribution in [0.3, 0.4) is 0 Å². The van der Waals surface area contributed by atoms with Gasteiger partial charge in [0, 0.05) is 23.8 Å². The van der Waals surface area contributed by atoms with Crippen LogP contribution in [0.2, 0.25) is 0 Å². The Morgan fingerprint density at radius 3 is 3.06 bits per heavy atom. The Labute approximate surface area is 110 Å². The van der Waals surface area contributed by atoms with E-state index in [2.05, 4.69) is 5.32 Å². The highest BCUT2D eigenvalue weighted by molar-refractivity contribution is 7.99. The lowest BCUT2D eigenvalue weighted by Gasteiger charge is -2.10. The third kappa shape index (κ3) is 5.54. The molecular weight excluding hydrogens is 256 g/mol. The molecule has 1 atom stereocenters. The van der Waals surface area contributed by atoms with Crippen LogP contribution < -0.4 is 11.1 Å². The van der Waals surface area contributed by atoms with E-state index in [1.165, 1.54) is 11.3 Å². The van der Waals surface area contributed by atoms with Gasteiger partial charge in [-0.15, -0.1) is 11.3 Å². The summed E-state index contributed by atoms with van der Waals surface area (Å²) in [6.07, 6.45) is 0.799. The number of thiophene rings is 1. The smallest absolute Gasteiger partial charge is 0.242 e. The minimum absolute atomic E-state index is 0.129. The van der Waals surface area contributed by atoms with E-state index in [0.29, 0.717) is 6.54 Å². The summed E-state index contributed by atoms with van der Waals surface area (Å²) in [5.74, 6) is 1.64. The fraction of sp³-hybridized carbons (Fsp3) is 0.545. The lowest BCUT2D eigenvalue weighted by atomic mass is 10.2. The summed E-state index contributed by atoms with van der Waals surface area (Å²) in [6.45, 7) is 0.844. The van der Waals surface area contributed by atoms with E-state index >= 15 is 0 Å². The zero-order chi connectivity index (χ0) is 12.5. The maximum absolute atomic E-state index is 11.7. The summed E-state index contributed by atoms with van der Waals surface area (Å²) in [7, 11) is 0. The van der Waals surface area contributed by atoms with Gasteiger partial charge in [-0.3, -0.25) is 4.79 Å². The summed E-state index contributed by atoms with van der Waals surface area (Å²) in [4.78, 5) is 12.5. The van der Waals surface area contributed by atoms with Crippen molar-refractivity contribution in [3.05, 3.63) is 22.4 Å². The van der Waals surface area contributed by atoms with Crippen LogP contribution >= 0.6 is 23.1 Å². The highest BCUT2D eigenvalue weighted by Crippen LogP contribution is 2.16. The summed E-state index contributed by atoms with van der Waals surface area (Å²) in [5, 5.41) is 13.3. The van der Waals surface area contributed by atoms with E-state index in [4.69, 9.17) is 10.8 Å². The fourth-order valence-corrected chi connectivity index (χ4v) is 2.73. The molecule has 4 nitrogen and oxygen atoms in total. The summed E-state index contributed by atoms with van der Waals surface area (Å²) in [5.41, 5.74) is 5.80. The third-order valence-electron chi connectivity index (χ3n) is 2.12. The molecule has 0 radical (unpaired) electrons. The second kappa shape index (κ2) is 8.52. The lowest BCUT2D eigenvalue weighted by Crippen LogP contribution is -2.34. The van der Waals surface area contributed by atoms with Gasteiger partial charge in [0.25, 0.3) is 0 Å². The van der Waals surface area contributed by atoms with Gasteiger partial charge in [-0.25, -0.2) is 0 Å². The van der Waals surface area contributed by atoms with Gasteiger partial charge in [-0.2, -0.15) is 11.8 Å². The van der Waals surface area contributed by atoms with Crippen molar-refractivity contribution in [1.29, 1.82) is 0 Å². The molecule has 0 spiro atoms. The maximum atomic E-state index is 11.7. The van der Waals surface area contributed by atoms with Crippen molar-refractivity contribution in [3.63, 3.8) is 0 Å². The van der Waals surface area contributed by atoms with Crippen LogP contribution in [0.15, 0.2) is 17.5 Å². The first-order chi connectivity index (χ1) is 8.25. The van der Waals surface area contributed by atoms with Crippen LogP contribution in [-0.2, 0) is 4.79 Å². The fourth-order valence-electron chi connectivity index (χ4n) is 1.22. The van der Waals surface area contributed by atoms with E-state index in [0.717, 1.165) is 22.8 Å². The number of hydrogen-bond donors (Lipinski definition) is 3. The first kappa shape index (κ1) is 14.5. The molecule has 6 heteroatoms. The molecule has 0 fully saturated rings. The molecule has 0 saturated carbocycles. The van der Waals surface area contributed by atoms with E-state index < -0.39 is 6.04 Å². The zero-order valence-electron chi connectivity index (χ0n) is 9.59. The molecular formula is C11H18N2O2S2. The second-order valence-corrected chi connectivity index (χ2v) is 5.68. The van der Waals surface area contributed by atoms with E-state index in [-0.39, 0.29) is 12.5 Å². The molecule has 17 heavy (non-hydrogen) atoms. The average Bonchev–Trinajstić information content (AvgIpc) is 2.86. The van der Waals surface area contributed by atoms with Gasteiger partial charge >= 0.3 is 0 Å². The molecule has 1 rings (SSSR count). The first-order valence-corrected chi connectivity index (χ1v) is 7.54. The largest absolute Gasteiger partial charge is 0.396 e. The first-order valence-electron chi connectivity index (χ1n) is 5.51. The SMILES string of the molecule is NC(C(=O)NCCSCCCO)c1cccs1.